The molecule has 1 aliphatic rings. The second-order valence-corrected chi connectivity index (χ2v) is 7.07. The van der Waals surface area contributed by atoms with Gasteiger partial charge in [0, 0.05) is 32.6 Å². The largest absolute Gasteiger partial charge is 0.352 e. The fourth-order valence-electron chi connectivity index (χ4n) is 3.34. The molecule has 1 fully saturated rings. The van der Waals surface area contributed by atoms with Crippen LogP contribution in [0.15, 0.2) is 24.3 Å². The van der Waals surface area contributed by atoms with Gasteiger partial charge in [-0.25, -0.2) is 0 Å². The Kier molecular flexibility index (Phi) is 7.29. The Bertz CT molecular complexity index is 531. The monoisotopic (exact) mass is 330 g/mol. The van der Waals surface area contributed by atoms with Crippen LogP contribution in [0.25, 0.3) is 0 Å². The van der Waals surface area contributed by atoms with E-state index in [1.165, 1.54) is 38.5 Å². The lowest BCUT2D eigenvalue weighted by molar-refractivity contribution is -0.121. The van der Waals surface area contributed by atoms with Crippen LogP contribution >= 0.6 is 0 Å². The zero-order valence-corrected chi connectivity index (χ0v) is 15.0. The number of nitrogens with zero attached hydrogens (tertiary/aromatic N) is 1. The van der Waals surface area contributed by atoms with Crippen molar-refractivity contribution in [2.45, 2.75) is 57.9 Å². The molecule has 0 unspecified atom stereocenters. The Hall–Kier alpha value is -1.84. The standard InChI is InChI=1S/C20H30N2O2/c1-22(2)20(24)18-13-11-17(12-14-18)15-21-19(23)10-6-9-16-7-4-3-5-8-16/h11-14,16H,3-10,15H2,1-2H3,(H,21,23). The summed E-state index contributed by atoms with van der Waals surface area (Å²) in [6, 6.07) is 7.43. The van der Waals surface area contributed by atoms with Gasteiger partial charge in [-0.3, -0.25) is 9.59 Å². The average molecular weight is 330 g/mol. The third-order valence-corrected chi connectivity index (χ3v) is 4.84. The lowest BCUT2D eigenvalue weighted by Gasteiger charge is -2.21. The highest BCUT2D eigenvalue weighted by atomic mass is 16.2. The average Bonchev–Trinajstić information content (AvgIpc) is 2.60. The van der Waals surface area contributed by atoms with Crippen LogP contribution in [0.3, 0.4) is 0 Å². The molecule has 0 saturated heterocycles. The molecule has 2 rings (SSSR count). The quantitative estimate of drug-likeness (QED) is 0.827. The smallest absolute Gasteiger partial charge is 0.253 e. The molecule has 1 saturated carbocycles. The number of nitrogens with one attached hydrogen (secondary N) is 1. The zero-order valence-electron chi connectivity index (χ0n) is 15.0. The van der Waals surface area contributed by atoms with Gasteiger partial charge in [0.05, 0.1) is 0 Å². The summed E-state index contributed by atoms with van der Waals surface area (Å²) in [7, 11) is 3.48. The summed E-state index contributed by atoms with van der Waals surface area (Å²) in [6.07, 6.45) is 9.61. The van der Waals surface area contributed by atoms with Crippen LogP contribution in [-0.2, 0) is 11.3 Å². The molecule has 1 aliphatic carbocycles. The van der Waals surface area contributed by atoms with Crippen molar-refractivity contribution in [3.8, 4) is 0 Å². The highest BCUT2D eigenvalue weighted by molar-refractivity contribution is 5.93. The van der Waals surface area contributed by atoms with E-state index in [9.17, 15) is 9.59 Å². The van der Waals surface area contributed by atoms with Crippen LogP contribution in [0.2, 0.25) is 0 Å². The maximum atomic E-state index is 12.0. The van der Waals surface area contributed by atoms with Gasteiger partial charge in [-0.05, 0) is 36.5 Å². The molecular weight excluding hydrogens is 300 g/mol. The van der Waals surface area contributed by atoms with Gasteiger partial charge in [-0.15, -0.1) is 0 Å². The van der Waals surface area contributed by atoms with Crippen LogP contribution in [-0.4, -0.2) is 30.8 Å². The van der Waals surface area contributed by atoms with Gasteiger partial charge in [0.1, 0.15) is 0 Å². The molecule has 0 atom stereocenters. The highest BCUT2D eigenvalue weighted by Gasteiger charge is 2.13. The van der Waals surface area contributed by atoms with Crippen LogP contribution in [0.4, 0.5) is 0 Å². The predicted molar refractivity (Wildman–Crippen MR) is 96.7 cm³/mol. The third kappa shape index (κ3) is 5.99. The lowest BCUT2D eigenvalue weighted by Crippen LogP contribution is -2.23. The molecule has 0 radical (unpaired) electrons. The van der Waals surface area contributed by atoms with E-state index in [0.29, 0.717) is 18.5 Å². The molecule has 0 spiro atoms. The lowest BCUT2D eigenvalue weighted by atomic mass is 9.86. The summed E-state index contributed by atoms with van der Waals surface area (Å²) in [5, 5.41) is 2.97. The van der Waals surface area contributed by atoms with Crippen molar-refractivity contribution in [2.75, 3.05) is 14.1 Å². The number of hydrogen-bond acceptors (Lipinski definition) is 2. The molecule has 132 valence electrons. The number of amides is 2. The molecule has 24 heavy (non-hydrogen) atoms. The van der Waals surface area contributed by atoms with Gasteiger partial charge in [-0.2, -0.15) is 0 Å². The summed E-state index contributed by atoms with van der Waals surface area (Å²) >= 11 is 0. The van der Waals surface area contributed by atoms with E-state index in [2.05, 4.69) is 5.32 Å². The number of carbonyl (C=O) groups excluding carboxylic acids is 2. The van der Waals surface area contributed by atoms with Gasteiger partial charge in [0.25, 0.3) is 5.91 Å². The summed E-state index contributed by atoms with van der Waals surface area (Å²) in [5.41, 5.74) is 1.69. The Balaban J connectivity index is 1.66. The number of rotatable bonds is 7. The van der Waals surface area contributed by atoms with Crippen molar-refractivity contribution < 1.29 is 9.59 Å². The van der Waals surface area contributed by atoms with Gasteiger partial charge >= 0.3 is 0 Å². The maximum Gasteiger partial charge on any atom is 0.253 e. The topological polar surface area (TPSA) is 49.4 Å². The molecule has 0 bridgehead atoms. The van der Waals surface area contributed by atoms with E-state index in [1.807, 2.05) is 24.3 Å². The Morgan fingerprint density at radius 3 is 2.38 bits per heavy atom. The van der Waals surface area contributed by atoms with Crippen LogP contribution in [0.1, 0.15) is 67.3 Å². The molecule has 1 N–H and O–H groups in total. The van der Waals surface area contributed by atoms with Crippen LogP contribution in [0.5, 0.6) is 0 Å². The summed E-state index contributed by atoms with van der Waals surface area (Å²) in [5.74, 6) is 0.959. The number of carbonyl (C=O) groups is 2. The molecular formula is C20H30N2O2. The Morgan fingerprint density at radius 1 is 1.08 bits per heavy atom. The van der Waals surface area contributed by atoms with E-state index >= 15 is 0 Å². The summed E-state index contributed by atoms with van der Waals surface area (Å²) < 4.78 is 0. The molecule has 0 aliphatic heterocycles. The minimum absolute atomic E-state index is 0.00621. The van der Waals surface area contributed by atoms with Gasteiger partial charge < -0.3 is 10.2 Å². The fourth-order valence-corrected chi connectivity index (χ4v) is 3.34. The number of hydrogen-bond donors (Lipinski definition) is 1. The van der Waals surface area contributed by atoms with Crippen molar-refractivity contribution in [1.29, 1.82) is 0 Å². The first kappa shape index (κ1) is 18.5. The van der Waals surface area contributed by atoms with Gasteiger partial charge in [0.15, 0.2) is 0 Å². The number of benzene rings is 1. The molecule has 4 nitrogen and oxygen atoms in total. The van der Waals surface area contributed by atoms with Crippen molar-refractivity contribution in [3.63, 3.8) is 0 Å². The first-order valence-electron chi connectivity index (χ1n) is 9.13. The third-order valence-electron chi connectivity index (χ3n) is 4.84. The Morgan fingerprint density at radius 2 is 1.75 bits per heavy atom. The molecule has 1 aromatic rings. The first-order valence-corrected chi connectivity index (χ1v) is 9.13. The van der Waals surface area contributed by atoms with Gasteiger partial charge in [-0.1, -0.05) is 44.2 Å². The molecule has 0 aromatic heterocycles. The van der Waals surface area contributed by atoms with Crippen molar-refractivity contribution in [1.82, 2.24) is 10.2 Å². The van der Waals surface area contributed by atoms with E-state index in [1.54, 1.807) is 19.0 Å². The van der Waals surface area contributed by atoms with E-state index < -0.39 is 0 Å². The van der Waals surface area contributed by atoms with Crippen molar-refractivity contribution in [2.24, 2.45) is 5.92 Å². The molecule has 0 heterocycles. The minimum atomic E-state index is -0.00621. The highest BCUT2D eigenvalue weighted by Crippen LogP contribution is 2.27. The molecule has 1 aromatic carbocycles. The molecule has 4 heteroatoms. The first-order chi connectivity index (χ1) is 11.6. The second-order valence-electron chi connectivity index (χ2n) is 7.07. The van der Waals surface area contributed by atoms with E-state index in [-0.39, 0.29) is 11.8 Å². The minimum Gasteiger partial charge on any atom is -0.352 e. The Labute approximate surface area is 145 Å². The summed E-state index contributed by atoms with van der Waals surface area (Å²) in [4.78, 5) is 25.3. The van der Waals surface area contributed by atoms with Gasteiger partial charge in [0.2, 0.25) is 5.91 Å². The predicted octanol–water partition coefficient (Wildman–Crippen LogP) is 3.76. The SMILES string of the molecule is CN(C)C(=O)c1ccc(CNC(=O)CCCC2CCCCC2)cc1. The summed E-state index contributed by atoms with van der Waals surface area (Å²) in [6.45, 7) is 0.526. The molecule has 2 amide bonds. The fraction of sp³-hybridized carbons (Fsp3) is 0.600. The van der Waals surface area contributed by atoms with Crippen molar-refractivity contribution in [3.05, 3.63) is 35.4 Å². The second kappa shape index (κ2) is 9.45. The zero-order chi connectivity index (χ0) is 17.4. The van der Waals surface area contributed by atoms with Crippen LogP contribution < -0.4 is 5.32 Å². The van der Waals surface area contributed by atoms with Crippen molar-refractivity contribution >= 4 is 11.8 Å². The van der Waals surface area contributed by atoms with Crippen LogP contribution in [0, 0.1) is 5.92 Å². The van der Waals surface area contributed by atoms with E-state index in [4.69, 9.17) is 0 Å². The normalized spacial score (nSPS) is 15.1. The maximum absolute atomic E-state index is 12.0. The van der Waals surface area contributed by atoms with E-state index in [0.717, 1.165) is 17.9 Å².